The Morgan fingerprint density at radius 3 is 2.67 bits per heavy atom. The van der Waals surface area contributed by atoms with Crippen LogP contribution in [0.2, 0.25) is 5.02 Å². The van der Waals surface area contributed by atoms with Crippen LogP contribution in [0.3, 0.4) is 0 Å². The van der Waals surface area contributed by atoms with E-state index < -0.39 is 0 Å². The molecule has 21 heavy (non-hydrogen) atoms. The summed E-state index contributed by atoms with van der Waals surface area (Å²) in [5, 5.41) is 12.4. The number of rotatable bonds is 10. The van der Waals surface area contributed by atoms with Crippen molar-refractivity contribution >= 4 is 24.0 Å². The third kappa shape index (κ3) is 7.20. The normalized spacial score (nSPS) is 10.1. The first kappa shape index (κ1) is 20.3. The monoisotopic (exact) mass is 339 g/mol. The molecule has 0 aliphatic carbocycles. The first-order valence-electron chi connectivity index (χ1n) is 6.61. The molecule has 0 aromatic heterocycles. The van der Waals surface area contributed by atoms with E-state index in [0.29, 0.717) is 49.4 Å². The molecule has 0 unspecified atom stereocenters. The molecule has 0 atom stereocenters. The lowest BCUT2D eigenvalue weighted by Crippen LogP contribution is -2.20. The number of hydrogen-bond acceptors (Lipinski definition) is 5. The Kier molecular flexibility index (Phi) is 11.5. The van der Waals surface area contributed by atoms with Gasteiger partial charge in [0.25, 0.3) is 0 Å². The van der Waals surface area contributed by atoms with Gasteiger partial charge in [0.1, 0.15) is 0 Å². The minimum absolute atomic E-state index is 0. The Hall–Kier alpha value is -0.720. The summed E-state index contributed by atoms with van der Waals surface area (Å²) in [4.78, 5) is 0. The predicted molar refractivity (Wildman–Crippen MR) is 86.0 cm³/mol. The summed E-state index contributed by atoms with van der Waals surface area (Å²) in [5.41, 5.74) is 0.943. The smallest absolute Gasteiger partial charge is 0.165 e. The van der Waals surface area contributed by atoms with Crippen molar-refractivity contribution < 1.29 is 19.3 Å². The lowest BCUT2D eigenvalue weighted by Gasteiger charge is -2.15. The van der Waals surface area contributed by atoms with Crippen molar-refractivity contribution in [3.05, 3.63) is 22.7 Å². The minimum Gasteiger partial charge on any atom is -0.493 e. The minimum atomic E-state index is 0. The molecule has 0 fully saturated rings. The third-order valence-electron chi connectivity index (χ3n) is 2.58. The Balaban J connectivity index is 0.00000400. The van der Waals surface area contributed by atoms with Gasteiger partial charge in [0, 0.05) is 29.7 Å². The standard InChI is InChI=1S/C14H22ClNO4.ClH/c1-3-20-14-11(8-12(15)9-13(14)18-2)10-16-4-6-19-7-5-17;/h8-9,16-17H,3-7,10H2,1-2H3;1H. The zero-order valence-electron chi connectivity index (χ0n) is 12.4. The van der Waals surface area contributed by atoms with Gasteiger partial charge in [0.05, 0.1) is 33.5 Å². The molecule has 0 aliphatic heterocycles. The number of halogens is 2. The van der Waals surface area contributed by atoms with Gasteiger partial charge in [-0.05, 0) is 13.0 Å². The van der Waals surface area contributed by atoms with Crippen molar-refractivity contribution in [1.82, 2.24) is 5.32 Å². The average molecular weight is 340 g/mol. The summed E-state index contributed by atoms with van der Waals surface area (Å²) in [6.07, 6.45) is 0. The van der Waals surface area contributed by atoms with Crippen molar-refractivity contribution in [1.29, 1.82) is 0 Å². The van der Waals surface area contributed by atoms with Crippen LogP contribution < -0.4 is 14.8 Å². The van der Waals surface area contributed by atoms with Crippen LogP contribution in [-0.2, 0) is 11.3 Å². The number of hydrogen-bond donors (Lipinski definition) is 2. The number of methoxy groups -OCH3 is 1. The van der Waals surface area contributed by atoms with Crippen molar-refractivity contribution in [3.63, 3.8) is 0 Å². The van der Waals surface area contributed by atoms with E-state index in [9.17, 15) is 0 Å². The van der Waals surface area contributed by atoms with Crippen LogP contribution >= 0.6 is 24.0 Å². The Morgan fingerprint density at radius 2 is 2.05 bits per heavy atom. The Bertz CT molecular complexity index is 405. The molecule has 5 nitrogen and oxygen atoms in total. The molecule has 2 N–H and O–H groups in total. The van der Waals surface area contributed by atoms with Crippen LogP contribution in [0.5, 0.6) is 11.5 Å². The second-order valence-electron chi connectivity index (χ2n) is 4.04. The number of ether oxygens (including phenoxy) is 3. The Morgan fingerprint density at radius 1 is 1.29 bits per heavy atom. The van der Waals surface area contributed by atoms with E-state index in [1.54, 1.807) is 13.2 Å². The maximum atomic E-state index is 8.59. The van der Waals surface area contributed by atoms with Crippen molar-refractivity contribution in [2.45, 2.75) is 13.5 Å². The molecule has 7 heteroatoms. The fourth-order valence-electron chi connectivity index (χ4n) is 1.75. The predicted octanol–water partition coefficient (Wildman–Crippen LogP) is 2.27. The van der Waals surface area contributed by atoms with Crippen LogP contribution in [-0.4, -0.2) is 45.2 Å². The quantitative estimate of drug-likeness (QED) is 0.640. The van der Waals surface area contributed by atoms with Gasteiger partial charge in [-0.1, -0.05) is 11.6 Å². The number of aliphatic hydroxyl groups is 1. The second-order valence-corrected chi connectivity index (χ2v) is 4.48. The van der Waals surface area contributed by atoms with E-state index >= 15 is 0 Å². The van der Waals surface area contributed by atoms with E-state index in [0.717, 1.165) is 5.56 Å². The topological polar surface area (TPSA) is 60.0 Å². The molecule has 0 radical (unpaired) electrons. The van der Waals surface area contributed by atoms with Gasteiger partial charge >= 0.3 is 0 Å². The van der Waals surface area contributed by atoms with Crippen LogP contribution in [0.15, 0.2) is 12.1 Å². The van der Waals surface area contributed by atoms with Crippen LogP contribution in [0.1, 0.15) is 12.5 Å². The van der Waals surface area contributed by atoms with Crippen LogP contribution in [0, 0.1) is 0 Å². The van der Waals surface area contributed by atoms with E-state index in [1.807, 2.05) is 13.0 Å². The summed E-state index contributed by atoms with van der Waals surface area (Å²) < 4.78 is 16.1. The van der Waals surface area contributed by atoms with Gasteiger partial charge in [-0.2, -0.15) is 0 Å². The summed E-state index contributed by atoms with van der Waals surface area (Å²) in [7, 11) is 1.59. The molecule has 0 heterocycles. The fraction of sp³-hybridized carbons (Fsp3) is 0.571. The molecule has 0 aliphatic rings. The summed E-state index contributed by atoms with van der Waals surface area (Å²) in [6, 6.07) is 3.59. The molecule has 0 saturated heterocycles. The fourth-order valence-corrected chi connectivity index (χ4v) is 1.98. The lowest BCUT2D eigenvalue weighted by molar-refractivity contribution is 0.0937. The van der Waals surface area contributed by atoms with Crippen molar-refractivity contribution in [3.8, 4) is 11.5 Å². The van der Waals surface area contributed by atoms with E-state index in [2.05, 4.69) is 5.32 Å². The van der Waals surface area contributed by atoms with Gasteiger partial charge < -0.3 is 24.6 Å². The highest BCUT2D eigenvalue weighted by molar-refractivity contribution is 6.30. The van der Waals surface area contributed by atoms with Crippen molar-refractivity contribution in [2.75, 3.05) is 40.1 Å². The van der Waals surface area contributed by atoms with E-state index in [1.165, 1.54) is 0 Å². The number of aliphatic hydroxyl groups excluding tert-OH is 1. The zero-order valence-corrected chi connectivity index (χ0v) is 13.9. The maximum Gasteiger partial charge on any atom is 0.165 e. The molecule has 1 aromatic rings. The zero-order chi connectivity index (χ0) is 14.8. The van der Waals surface area contributed by atoms with Crippen LogP contribution in [0.25, 0.3) is 0 Å². The van der Waals surface area contributed by atoms with E-state index in [-0.39, 0.29) is 19.0 Å². The van der Waals surface area contributed by atoms with Crippen LogP contribution in [0.4, 0.5) is 0 Å². The molecule has 0 amide bonds. The summed E-state index contributed by atoms with van der Waals surface area (Å²) >= 11 is 6.07. The molecular weight excluding hydrogens is 317 g/mol. The molecule has 0 bridgehead atoms. The first-order chi connectivity index (χ1) is 9.72. The maximum absolute atomic E-state index is 8.59. The Labute approximate surface area is 136 Å². The van der Waals surface area contributed by atoms with Crippen molar-refractivity contribution in [2.24, 2.45) is 0 Å². The average Bonchev–Trinajstić information content (AvgIpc) is 2.45. The number of nitrogens with one attached hydrogen (secondary N) is 1. The summed E-state index contributed by atoms with van der Waals surface area (Å²) in [5.74, 6) is 1.34. The van der Waals surface area contributed by atoms with Gasteiger partial charge in [-0.15, -0.1) is 12.4 Å². The van der Waals surface area contributed by atoms with E-state index in [4.69, 9.17) is 30.9 Å². The first-order valence-corrected chi connectivity index (χ1v) is 6.99. The molecule has 1 aromatic carbocycles. The highest BCUT2D eigenvalue weighted by Crippen LogP contribution is 2.34. The molecule has 122 valence electrons. The molecule has 1 rings (SSSR count). The number of benzene rings is 1. The molecule has 0 spiro atoms. The molecule has 0 saturated carbocycles. The third-order valence-corrected chi connectivity index (χ3v) is 2.80. The highest BCUT2D eigenvalue weighted by Gasteiger charge is 2.12. The van der Waals surface area contributed by atoms with Gasteiger partial charge in [-0.25, -0.2) is 0 Å². The highest BCUT2D eigenvalue weighted by atomic mass is 35.5. The second kappa shape index (κ2) is 11.9. The largest absolute Gasteiger partial charge is 0.493 e. The van der Waals surface area contributed by atoms with Gasteiger partial charge in [0.15, 0.2) is 11.5 Å². The SMILES string of the molecule is CCOc1c(CNCCOCCO)cc(Cl)cc1OC.Cl. The van der Waals surface area contributed by atoms with Gasteiger partial charge in [0.2, 0.25) is 0 Å². The molecular formula is C14H23Cl2NO4. The van der Waals surface area contributed by atoms with Gasteiger partial charge in [-0.3, -0.25) is 0 Å². The summed E-state index contributed by atoms with van der Waals surface area (Å²) in [6.45, 7) is 4.72. The lowest BCUT2D eigenvalue weighted by atomic mass is 10.2.